The van der Waals surface area contributed by atoms with Crippen LogP contribution in [-0.2, 0) is 23.5 Å². The highest BCUT2D eigenvalue weighted by atomic mass is 32.2. The van der Waals surface area contributed by atoms with Crippen molar-refractivity contribution in [3.05, 3.63) is 94.7 Å². The monoisotopic (exact) mass is 643 g/mol. The van der Waals surface area contributed by atoms with Gasteiger partial charge in [0.2, 0.25) is 0 Å². The first-order valence-corrected chi connectivity index (χ1v) is 16.0. The lowest BCUT2D eigenvalue weighted by Gasteiger charge is -2.20. The predicted octanol–water partition coefficient (Wildman–Crippen LogP) is 6.30. The van der Waals surface area contributed by atoms with Crippen LogP contribution in [0.5, 0.6) is 5.75 Å². The summed E-state index contributed by atoms with van der Waals surface area (Å²) in [6.45, 7) is 2.96. The van der Waals surface area contributed by atoms with E-state index in [0.717, 1.165) is 16.5 Å². The molecule has 0 radical (unpaired) electrons. The molecule has 0 saturated heterocycles. The van der Waals surface area contributed by atoms with Gasteiger partial charge in [-0.25, -0.2) is 13.1 Å². The van der Waals surface area contributed by atoms with Crippen LogP contribution in [-0.4, -0.2) is 44.6 Å². The number of ether oxygens (including phenoxy) is 1. The van der Waals surface area contributed by atoms with E-state index in [0.29, 0.717) is 36.1 Å². The van der Waals surface area contributed by atoms with E-state index in [1.807, 2.05) is 24.7 Å². The summed E-state index contributed by atoms with van der Waals surface area (Å²) in [5.74, 6) is -2.66. The molecule has 1 heterocycles. The largest absolute Gasteiger partial charge is 0.496 e. The van der Waals surface area contributed by atoms with Crippen LogP contribution in [0.1, 0.15) is 63.6 Å². The normalized spacial score (nSPS) is 12.6. The third kappa shape index (κ3) is 7.86. The fourth-order valence-corrected chi connectivity index (χ4v) is 6.46. The van der Waals surface area contributed by atoms with Gasteiger partial charge in [-0.2, -0.15) is 13.2 Å². The van der Waals surface area contributed by atoms with Crippen molar-refractivity contribution in [3.8, 4) is 5.75 Å². The van der Waals surface area contributed by atoms with Crippen LogP contribution < -0.4 is 14.8 Å². The lowest BCUT2D eigenvalue weighted by atomic mass is 10.00. The molecule has 0 saturated carbocycles. The Balaban J connectivity index is 1.55. The molecule has 12 heteroatoms. The van der Waals surface area contributed by atoms with E-state index >= 15 is 0 Å². The van der Waals surface area contributed by atoms with Gasteiger partial charge in [0, 0.05) is 48.2 Å². The first kappa shape index (κ1) is 33.6. The number of alkyl halides is 3. The quantitative estimate of drug-likeness (QED) is 0.188. The highest BCUT2D eigenvalue weighted by Crippen LogP contribution is 2.31. The van der Waals surface area contributed by atoms with Crippen molar-refractivity contribution < 1.29 is 35.9 Å². The molecule has 0 spiro atoms. The Morgan fingerprint density at radius 3 is 2.33 bits per heavy atom. The van der Waals surface area contributed by atoms with E-state index in [-0.39, 0.29) is 22.4 Å². The number of nitrogens with one attached hydrogen (secondary N) is 2. The number of rotatable bonds is 12. The summed E-state index contributed by atoms with van der Waals surface area (Å²) in [5, 5.41) is 3.19. The predicted molar refractivity (Wildman–Crippen MR) is 166 cm³/mol. The first-order valence-electron chi connectivity index (χ1n) is 14.5. The van der Waals surface area contributed by atoms with Crippen molar-refractivity contribution in [1.82, 2.24) is 14.6 Å². The van der Waals surface area contributed by atoms with Crippen LogP contribution in [0.4, 0.5) is 13.2 Å². The maximum Gasteiger partial charge on any atom is 0.393 e. The lowest BCUT2D eigenvalue weighted by molar-refractivity contribution is -0.174. The fourth-order valence-electron chi connectivity index (χ4n) is 5.24. The molecule has 0 aliphatic carbocycles. The smallest absolute Gasteiger partial charge is 0.393 e. The summed E-state index contributed by atoms with van der Waals surface area (Å²) in [4.78, 5) is 25.8. The Kier molecular flexibility index (Phi) is 10.3. The number of nitrogens with zero attached hydrogens (tertiary/aromatic N) is 1. The van der Waals surface area contributed by atoms with Gasteiger partial charge in [0.05, 0.1) is 17.9 Å². The number of sulfonamides is 1. The Labute approximate surface area is 260 Å². The molecule has 3 aromatic carbocycles. The fraction of sp³-hybridized carbons (Fsp3) is 0.333. The first-order chi connectivity index (χ1) is 21.2. The van der Waals surface area contributed by atoms with Crippen LogP contribution in [0.3, 0.4) is 0 Å². The molecule has 1 atom stereocenters. The Hall–Kier alpha value is -4.32. The minimum atomic E-state index is -4.40. The van der Waals surface area contributed by atoms with E-state index in [1.54, 1.807) is 49.4 Å². The van der Waals surface area contributed by atoms with Crippen molar-refractivity contribution in [2.45, 2.75) is 50.6 Å². The maximum absolute atomic E-state index is 13.4. The molecule has 0 bridgehead atoms. The molecule has 2 amide bonds. The molecule has 0 fully saturated rings. The number of hydrogen-bond acceptors (Lipinski definition) is 5. The van der Waals surface area contributed by atoms with E-state index in [1.165, 1.54) is 25.3 Å². The topological polar surface area (TPSA) is 106 Å². The third-order valence-electron chi connectivity index (χ3n) is 7.75. The maximum atomic E-state index is 13.4. The second kappa shape index (κ2) is 13.8. The molecule has 2 N–H and O–H groups in total. The van der Waals surface area contributed by atoms with Crippen molar-refractivity contribution in [2.75, 3.05) is 13.7 Å². The van der Waals surface area contributed by atoms with Gasteiger partial charge < -0.3 is 14.6 Å². The summed E-state index contributed by atoms with van der Waals surface area (Å²) in [7, 11) is -0.826. The molecule has 1 aromatic heterocycles. The molecule has 0 aliphatic heterocycles. The minimum absolute atomic E-state index is 0.00241. The number of unbranched alkanes of at least 4 members (excludes halogenated alkanes) is 1. The molecule has 1 unspecified atom stereocenters. The number of methoxy groups -OCH3 is 1. The van der Waals surface area contributed by atoms with Crippen molar-refractivity contribution in [2.24, 2.45) is 13.0 Å². The van der Waals surface area contributed by atoms with Gasteiger partial charge in [-0.15, -0.1) is 0 Å². The van der Waals surface area contributed by atoms with Gasteiger partial charge in [0.15, 0.2) is 0 Å². The number of fused-ring (bicyclic) bond motifs is 1. The second-order valence-corrected chi connectivity index (χ2v) is 12.6. The molecule has 8 nitrogen and oxygen atoms in total. The van der Waals surface area contributed by atoms with Crippen LogP contribution >= 0.6 is 0 Å². The average molecular weight is 644 g/mol. The Morgan fingerprint density at radius 1 is 0.978 bits per heavy atom. The van der Waals surface area contributed by atoms with Gasteiger partial charge in [-0.1, -0.05) is 44.0 Å². The average Bonchev–Trinajstić information content (AvgIpc) is 3.30. The number of benzene rings is 3. The number of amides is 2. The van der Waals surface area contributed by atoms with Crippen molar-refractivity contribution in [1.29, 1.82) is 0 Å². The number of carbonyl (C=O) groups is 2. The van der Waals surface area contributed by atoms with E-state index in [2.05, 4.69) is 10.0 Å². The van der Waals surface area contributed by atoms with Gasteiger partial charge in [0.1, 0.15) is 5.75 Å². The zero-order valence-electron chi connectivity index (χ0n) is 25.5. The number of aryl methyl sites for hydroxylation is 2. The van der Waals surface area contributed by atoms with Crippen LogP contribution in [0.2, 0.25) is 0 Å². The molecular weight excluding hydrogens is 607 g/mol. The molecular formula is C33H36F3N3O5S. The SMILES string of the molecule is CCCCC(CNC(=O)c1ccc2c(c1)c(Cc1ccc(C(=O)NS(=O)(=O)c3ccccc3C)cc1OC)cn2C)C(F)(F)F. The van der Waals surface area contributed by atoms with Crippen molar-refractivity contribution in [3.63, 3.8) is 0 Å². The van der Waals surface area contributed by atoms with E-state index in [4.69, 9.17) is 4.74 Å². The highest BCUT2D eigenvalue weighted by Gasteiger charge is 2.39. The molecule has 240 valence electrons. The highest BCUT2D eigenvalue weighted by molar-refractivity contribution is 7.90. The third-order valence-corrected chi connectivity index (χ3v) is 9.24. The summed E-state index contributed by atoms with van der Waals surface area (Å²) in [6.07, 6.45) is -1.18. The molecule has 45 heavy (non-hydrogen) atoms. The summed E-state index contributed by atoms with van der Waals surface area (Å²) < 4.78 is 75.5. The summed E-state index contributed by atoms with van der Waals surface area (Å²) in [6, 6.07) is 15.9. The number of aromatic nitrogens is 1. The molecule has 4 rings (SSSR count). The van der Waals surface area contributed by atoms with Crippen LogP contribution in [0, 0.1) is 12.8 Å². The van der Waals surface area contributed by atoms with Crippen molar-refractivity contribution >= 4 is 32.7 Å². The number of halogens is 3. The van der Waals surface area contributed by atoms with Gasteiger partial charge >= 0.3 is 6.18 Å². The van der Waals surface area contributed by atoms with Crippen LogP contribution in [0.25, 0.3) is 10.9 Å². The molecule has 0 aliphatic rings. The Bertz CT molecular complexity index is 1820. The van der Waals surface area contributed by atoms with Gasteiger partial charge in [-0.3, -0.25) is 9.59 Å². The number of hydrogen-bond donors (Lipinski definition) is 2. The van der Waals surface area contributed by atoms with Gasteiger partial charge in [0.25, 0.3) is 21.8 Å². The minimum Gasteiger partial charge on any atom is -0.496 e. The lowest BCUT2D eigenvalue weighted by Crippen LogP contribution is -2.36. The van der Waals surface area contributed by atoms with E-state index < -0.39 is 40.5 Å². The van der Waals surface area contributed by atoms with Crippen LogP contribution in [0.15, 0.2) is 71.8 Å². The zero-order chi connectivity index (χ0) is 32.9. The summed E-state index contributed by atoms with van der Waals surface area (Å²) in [5.41, 5.74) is 3.15. The number of carbonyl (C=O) groups excluding carboxylic acids is 2. The zero-order valence-corrected chi connectivity index (χ0v) is 26.3. The Morgan fingerprint density at radius 2 is 1.67 bits per heavy atom. The van der Waals surface area contributed by atoms with Gasteiger partial charge in [-0.05, 0) is 66.4 Å². The van der Waals surface area contributed by atoms with E-state index in [9.17, 15) is 31.2 Å². The standard InChI is InChI=1S/C33H36F3N3O5S/c1-5-6-10-26(33(34,35)36)19-37-31(40)23-14-15-28-27(17-23)25(20-39(28)3)16-22-12-13-24(18-29(22)44-4)32(41)38-45(42,43)30-11-8-7-9-21(30)2/h7-9,11-15,17-18,20,26H,5-6,10,16,19H2,1-4H3,(H,37,40)(H,38,41). The molecule has 4 aromatic rings. The summed E-state index contributed by atoms with van der Waals surface area (Å²) >= 11 is 0. The second-order valence-electron chi connectivity index (χ2n) is 11.0.